The number of hydrogen-bond donors (Lipinski definition) is 0. The summed E-state index contributed by atoms with van der Waals surface area (Å²) < 4.78 is 11.3. The van der Waals surface area contributed by atoms with Crippen LogP contribution in [0.3, 0.4) is 0 Å². The Hall–Kier alpha value is -6.62. The summed E-state index contributed by atoms with van der Waals surface area (Å²) in [5, 5.41) is 7.29. The molecule has 52 heavy (non-hydrogen) atoms. The molecule has 0 atom stereocenters. The van der Waals surface area contributed by atoms with Crippen LogP contribution in [0.15, 0.2) is 186 Å². The molecule has 0 bridgehead atoms. The van der Waals surface area contributed by atoms with Gasteiger partial charge in [0, 0.05) is 64.5 Å². The van der Waals surface area contributed by atoms with Crippen molar-refractivity contribution >= 4 is 92.3 Å². The molecule has 0 spiro atoms. The summed E-state index contributed by atoms with van der Waals surface area (Å²) in [7, 11) is 0. The van der Waals surface area contributed by atoms with Gasteiger partial charge in [-0.2, -0.15) is 0 Å². The Balaban J connectivity index is 1.09. The molecule has 0 aliphatic rings. The number of thiophene rings is 1. The van der Waals surface area contributed by atoms with E-state index >= 15 is 0 Å². The zero-order chi connectivity index (χ0) is 34.2. The van der Waals surface area contributed by atoms with Crippen LogP contribution in [-0.2, 0) is 0 Å². The smallest absolute Gasteiger partial charge is 0.135 e. The maximum Gasteiger partial charge on any atom is 0.135 e. The monoisotopic (exact) mass is 682 g/mol. The minimum absolute atomic E-state index is 0.887. The van der Waals surface area contributed by atoms with Crippen LogP contribution in [0, 0.1) is 0 Å². The first-order valence-electron chi connectivity index (χ1n) is 17.6. The van der Waals surface area contributed by atoms with Gasteiger partial charge in [-0.05, 0) is 102 Å². The largest absolute Gasteiger partial charge is 0.456 e. The van der Waals surface area contributed by atoms with E-state index in [-0.39, 0.29) is 0 Å². The van der Waals surface area contributed by atoms with Gasteiger partial charge in [0.05, 0.1) is 11.0 Å². The number of anilines is 3. The zero-order valence-corrected chi connectivity index (χ0v) is 28.8. The van der Waals surface area contributed by atoms with Crippen LogP contribution in [0.5, 0.6) is 0 Å². The number of nitrogens with zero attached hydrogens (tertiary/aromatic N) is 2. The first-order chi connectivity index (χ1) is 25.8. The molecular formula is C48H30N2OS. The fourth-order valence-corrected chi connectivity index (χ4v) is 9.05. The molecule has 11 rings (SSSR count). The van der Waals surface area contributed by atoms with E-state index in [0.717, 1.165) is 44.7 Å². The van der Waals surface area contributed by atoms with Crippen LogP contribution >= 0.6 is 11.3 Å². The van der Waals surface area contributed by atoms with Gasteiger partial charge >= 0.3 is 0 Å². The number of aromatic nitrogens is 1. The number of rotatable bonds is 5. The number of para-hydroxylation sites is 3. The van der Waals surface area contributed by atoms with Crippen molar-refractivity contribution in [2.24, 2.45) is 0 Å². The minimum atomic E-state index is 0.887. The third-order valence-electron chi connectivity index (χ3n) is 10.4. The van der Waals surface area contributed by atoms with Gasteiger partial charge in [0.2, 0.25) is 0 Å². The van der Waals surface area contributed by atoms with Gasteiger partial charge in [0.15, 0.2) is 0 Å². The number of benzene rings is 8. The summed E-state index contributed by atoms with van der Waals surface area (Å²) in [4.78, 5) is 2.37. The lowest BCUT2D eigenvalue weighted by atomic mass is 10.0. The van der Waals surface area contributed by atoms with Crippen molar-refractivity contribution in [2.75, 3.05) is 4.90 Å². The summed E-state index contributed by atoms with van der Waals surface area (Å²) in [5.74, 6) is 0. The topological polar surface area (TPSA) is 21.3 Å². The fraction of sp³-hybridized carbons (Fsp3) is 0. The maximum atomic E-state index is 6.24. The van der Waals surface area contributed by atoms with E-state index in [4.69, 9.17) is 4.42 Å². The van der Waals surface area contributed by atoms with Gasteiger partial charge < -0.3 is 13.9 Å². The van der Waals surface area contributed by atoms with E-state index in [1.54, 1.807) is 0 Å². The van der Waals surface area contributed by atoms with Crippen LogP contribution in [0.1, 0.15) is 0 Å². The Kier molecular flexibility index (Phi) is 6.42. The summed E-state index contributed by atoms with van der Waals surface area (Å²) in [6.07, 6.45) is 0. The van der Waals surface area contributed by atoms with Crippen LogP contribution in [-0.4, -0.2) is 4.57 Å². The van der Waals surface area contributed by atoms with Crippen molar-refractivity contribution in [3.05, 3.63) is 182 Å². The van der Waals surface area contributed by atoms with Gasteiger partial charge in [-0.15, -0.1) is 11.3 Å². The zero-order valence-electron chi connectivity index (χ0n) is 28.0. The molecule has 11 aromatic rings. The van der Waals surface area contributed by atoms with Crippen molar-refractivity contribution in [3.63, 3.8) is 0 Å². The van der Waals surface area contributed by atoms with Crippen LogP contribution in [0.2, 0.25) is 0 Å². The summed E-state index contributed by atoms with van der Waals surface area (Å²) in [6.45, 7) is 0. The molecule has 8 aromatic carbocycles. The molecule has 3 heterocycles. The number of furan rings is 1. The standard InChI is InChI=1S/C48H30N2OS/c1-2-10-33(11-3-1)50-43-15-7-4-12-37(43)40-29-35(23-25-44(40)50)49(36-24-26-46-41(30-36)38-13-5-8-16-45(38)51-46)34-21-18-31(19-22-34)32-20-27-48-42(28-32)39-14-6-9-17-47(39)52-48/h1-30H. The third-order valence-corrected chi connectivity index (χ3v) is 11.5. The molecule has 0 saturated heterocycles. The van der Waals surface area contributed by atoms with Gasteiger partial charge in [-0.3, -0.25) is 0 Å². The summed E-state index contributed by atoms with van der Waals surface area (Å²) in [5.41, 5.74) is 11.0. The Morgan fingerprint density at radius 2 is 1.00 bits per heavy atom. The normalized spacial score (nSPS) is 11.8. The molecule has 3 nitrogen and oxygen atoms in total. The Bertz CT molecular complexity index is 3130. The van der Waals surface area contributed by atoms with E-state index in [1.807, 2.05) is 23.5 Å². The quantitative estimate of drug-likeness (QED) is 0.180. The molecule has 0 aliphatic carbocycles. The van der Waals surface area contributed by atoms with Crippen molar-refractivity contribution in [3.8, 4) is 16.8 Å². The van der Waals surface area contributed by atoms with Crippen LogP contribution in [0.4, 0.5) is 17.1 Å². The Labute approximate surface area is 303 Å². The Morgan fingerprint density at radius 1 is 0.385 bits per heavy atom. The van der Waals surface area contributed by atoms with E-state index in [0.29, 0.717) is 0 Å². The van der Waals surface area contributed by atoms with E-state index in [2.05, 4.69) is 179 Å². The SMILES string of the molecule is c1ccc(-n2c3ccccc3c3cc(N(c4ccc(-c5ccc6sc7ccccc7c6c5)cc4)c4ccc5oc6ccccc6c5c4)ccc32)cc1. The molecule has 0 fully saturated rings. The minimum Gasteiger partial charge on any atom is -0.456 e. The molecule has 0 aliphatic heterocycles. The third kappa shape index (κ3) is 4.51. The van der Waals surface area contributed by atoms with Crippen molar-refractivity contribution in [1.29, 1.82) is 0 Å². The maximum absolute atomic E-state index is 6.24. The Morgan fingerprint density at radius 3 is 1.87 bits per heavy atom. The van der Waals surface area contributed by atoms with Gasteiger partial charge in [0.25, 0.3) is 0 Å². The van der Waals surface area contributed by atoms with Crippen molar-refractivity contribution in [1.82, 2.24) is 4.57 Å². The summed E-state index contributed by atoms with van der Waals surface area (Å²) in [6, 6.07) is 65.6. The second kappa shape index (κ2) is 11.5. The van der Waals surface area contributed by atoms with E-state index in [1.165, 1.54) is 53.1 Å². The van der Waals surface area contributed by atoms with Crippen LogP contribution < -0.4 is 4.90 Å². The highest BCUT2D eigenvalue weighted by Gasteiger charge is 2.19. The average molecular weight is 683 g/mol. The van der Waals surface area contributed by atoms with Gasteiger partial charge in [-0.25, -0.2) is 0 Å². The summed E-state index contributed by atoms with van der Waals surface area (Å²) >= 11 is 1.86. The van der Waals surface area contributed by atoms with Crippen LogP contribution in [0.25, 0.3) is 80.7 Å². The highest BCUT2D eigenvalue weighted by molar-refractivity contribution is 7.25. The molecule has 0 N–H and O–H groups in total. The second-order valence-electron chi connectivity index (χ2n) is 13.4. The number of hydrogen-bond acceptors (Lipinski definition) is 3. The first-order valence-corrected chi connectivity index (χ1v) is 18.4. The predicted octanol–water partition coefficient (Wildman–Crippen LogP) is 14.2. The van der Waals surface area contributed by atoms with E-state index in [9.17, 15) is 0 Å². The lowest BCUT2D eigenvalue weighted by Crippen LogP contribution is -2.09. The predicted molar refractivity (Wildman–Crippen MR) is 221 cm³/mol. The first kappa shape index (κ1) is 29.1. The molecule has 0 radical (unpaired) electrons. The molecule has 0 amide bonds. The van der Waals surface area contributed by atoms with E-state index < -0.39 is 0 Å². The molecule has 4 heteroatoms. The number of fused-ring (bicyclic) bond motifs is 9. The second-order valence-corrected chi connectivity index (χ2v) is 14.4. The van der Waals surface area contributed by atoms with Gasteiger partial charge in [-0.1, -0.05) is 91.0 Å². The fourth-order valence-electron chi connectivity index (χ4n) is 7.96. The van der Waals surface area contributed by atoms with Gasteiger partial charge in [0.1, 0.15) is 11.2 Å². The molecule has 244 valence electrons. The molecule has 3 aromatic heterocycles. The highest BCUT2D eigenvalue weighted by atomic mass is 32.1. The highest BCUT2D eigenvalue weighted by Crippen LogP contribution is 2.43. The lowest BCUT2D eigenvalue weighted by Gasteiger charge is -2.26. The van der Waals surface area contributed by atoms with Crippen molar-refractivity contribution in [2.45, 2.75) is 0 Å². The average Bonchev–Trinajstić information content (AvgIpc) is 3.88. The molecule has 0 unspecified atom stereocenters. The molecule has 0 saturated carbocycles. The molecular weight excluding hydrogens is 653 g/mol. The lowest BCUT2D eigenvalue weighted by molar-refractivity contribution is 0.669. The van der Waals surface area contributed by atoms with Crippen molar-refractivity contribution < 1.29 is 4.42 Å².